The number of hydrogen-bond donors (Lipinski definition) is 1. The number of rotatable bonds is 4. The van der Waals surface area contributed by atoms with Gasteiger partial charge in [-0.1, -0.05) is 11.3 Å². The van der Waals surface area contributed by atoms with E-state index in [-0.39, 0.29) is 5.82 Å². The summed E-state index contributed by atoms with van der Waals surface area (Å²) in [5, 5.41) is 8.26. The molecule has 98 valence electrons. The Hall–Kier alpha value is -1.95. The van der Waals surface area contributed by atoms with Gasteiger partial charge in [0.15, 0.2) is 5.13 Å². The van der Waals surface area contributed by atoms with Crippen LogP contribution in [0.1, 0.15) is 5.56 Å². The highest BCUT2D eigenvalue weighted by atomic mass is 32.1. The summed E-state index contributed by atoms with van der Waals surface area (Å²) in [5.41, 5.74) is 1.97. The van der Waals surface area contributed by atoms with Gasteiger partial charge in [0.05, 0.1) is 23.0 Å². The molecule has 0 spiro atoms. The summed E-state index contributed by atoms with van der Waals surface area (Å²) < 4.78 is 15.8. The predicted molar refractivity (Wildman–Crippen MR) is 75.0 cm³/mol. The zero-order valence-corrected chi connectivity index (χ0v) is 11.2. The lowest BCUT2D eigenvalue weighted by atomic mass is 10.3. The van der Waals surface area contributed by atoms with Crippen LogP contribution in [0.3, 0.4) is 0 Å². The van der Waals surface area contributed by atoms with Crippen molar-refractivity contribution in [3.8, 4) is 0 Å². The van der Waals surface area contributed by atoms with Crippen molar-refractivity contribution >= 4 is 26.7 Å². The average Bonchev–Trinajstić information content (AvgIpc) is 2.95. The SMILES string of the molecule is Cc1cnn(CCNc2nc3ccc(F)cc3s2)c1. The minimum Gasteiger partial charge on any atom is -0.360 e. The first-order valence-corrected chi connectivity index (χ1v) is 6.81. The van der Waals surface area contributed by atoms with Gasteiger partial charge in [-0.2, -0.15) is 5.10 Å². The number of anilines is 1. The summed E-state index contributed by atoms with van der Waals surface area (Å²) in [6.45, 7) is 3.53. The minimum absolute atomic E-state index is 0.227. The van der Waals surface area contributed by atoms with E-state index in [1.54, 1.807) is 6.07 Å². The molecule has 0 radical (unpaired) electrons. The number of aryl methyl sites for hydroxylation is 1. The van der Waals surface area contributed by atoms with E-state index in [0.717, 1.165) is 34.0 Å². The van der Waals surface area contributed by atoms with Gasteiger partial charge < -0.3 is 5.32 Å². The topological polar surface area (TPSA) is 42.7 Å². The van der Waals surface area contributed by atoms with E-state index in [1.165, 1.54) is 23.5 Å². The van der Waals surface area contributed by atoms with Gasteiger partial charge in [-0.25, -0.2) is 9.37 Å². The van der Waals surface area contributed by atoms with Gasteiger partial charge in [0.25, 0.3) is 0 Å². The van der Waals surface area contributed by atoms with Crippen LogP contribution in [0, 0.1) is 12.7 Å². The number of hydrogen-bond acceptors (Lipinski definition) is 4. The molecule has 3 aromatic rings. The third-order valence-electron chi connectivity index (χ3n) is 2.73. The highest BCUT2D eigenvalue weighted by Gasteiger charge is 2.04. The molecule has 0 saturated carbocycles. The number of halogens is 1. The summed E-state index contributed by atoms with van der Waals surface area (Å²) in [5.74, 6) is -0.227. The smallest absolute Gasteiger partial charge is 0.183 e. The van der Waals surface area contributed by atoms with Crippen LogP contribution < -0.4 is 5.32 Å². The second kappa shape index (κ2) is 4.97. The Labute approximate surface area is 113 Å². The van der Waals surface area contributed by atoms with Crippen molar-refractivity contribution in [1.29, 1.82) is 0 Å². The highest BCUT2D eigenvalue weighted by molar-refractivity contribution is 7.22. The Bertz CT molecular complexity index is 704. The maximum absolute atomic E-state index is 13.1. The first kappa shape index (κ1) is 12.1. The molecule has 1 aromatic carbocycles. The Morgan fingerprint density at radius 1 is 1.42 bits per heavy atom. The molecule has 0 aliphatic carbocycles. The quantitative estimate of drug-likeness (QED) is 0.796. The van der Waals surface area contributed by atoms with Crippen molar-refractivity contribution in [1.82, 2.24) is 14.8 Å². The Kier molecular flexibility index (Phi) is 3.16. The van der Waals surface area contributed by atoms with Crippen molar-refractivity contribution < 1.29 is 4.39 Å². The normalized spacial score (nSPS) is 11.1. The molecule has 0 saturated heterocycles. The van der Waals surface area contributed by atoms with E-state index in [4.69, 9.17) is 0 Å². The highest BCUT2D eigenvalue weighted by Crippen LogP contribution is 2.26. The maximum Gasteiger partial charge on any atom is 0.183 e. The fourth-order valence-electron chi connectivity index (χ4n) is 1.84. The van der Waals surface area contributed by atoms with E-state index in [2.05, 4.69) is 15.4 Å². The van der Waals surface area contributed by atoms with Crippen LogP contribution >= 0.6 is 11.3 Å². The van der Waals surface area contributed by atoms with Crippen LogP contribution in [0.5, 0.6) is 0 Å². The molecule has 0 aliphatic heterocycles. The fraction of sp³-hybridized carbons (Fsp3) is 0.231. The van der Waals surface area contributed by atoms with Crippen LogP contribution in [-0.4, -0.2) is 21.3 Å². The van der Waals surface area contributed by atoms with Gasteiger partial charge in [0, 0.05) is 12.7 Å². The van der Waals surface area contributed by atoms with Crippen molar-refractivity contribution in [2.24, 2.45) is 0 Å². The molecule has 2 aromatic heterocycles. The number of benzene rings is 1. The van der Waals surface area contributed by atoms with Gasteiger partial charge in [-0.15, -0.1) is 0 Å². The summed E-state index contributed by atoms with van der Waals surface area (Å²) in [6, 6.07) is 4.64. The largest absolute Gasteiger partial charge is 0.360 e. The average molecular weight is 276 g/mol. The van der Waals surface area contributed by atoms with Crippen molar-refractivity contribution in [3.05, 3.63) is 42.0 Å². The third-order valence-corrected chi connectivity index (χ3v) is 3.71. The second-order valence-electron chi connectivity index (χ2n) is 4.34. The monoisotopic (exact) mass is 276 g/mol. The predicted octanol–water partition coefficient (Wildman–Crippen LogP) is 3.05. The summed E-state index contributed by atoms with van der Waals surface area (Å²) in [7, 11) is 0. The van der Waals surface area contributed by atoms with Crippen molar-refractivity contribution in [2.75, 3.05) is 11.9 Å². The first-order valence-electron chi connectivity index (χ1n) is 6.00. The molecule has 6 heteroatoms. The van der Waals surface area contributed by atoms with E-state index < -0.39 is 0 Å². The molecule has 19 heavy (non-hydrogen) atoms. The zero-order valence-electron chi connectivity index (χ0n) is 10.4. The number of fused-ring (bicyclic) bond motifs is 1. The fourth-order valence-corrected chi connectivity index (χ4v) is 2.76. The molecule has 0 atom stereocenters. The Balaban J connectivity index is 1.65. The van der Waals surface area contributed by atoms with Gasteiger partial charge in [-0.3, -0.25) is 4.68 Å². The molecule has 0 bridgehead atoms. The summed E-state index contributed by atoms with van der Waals surface area (Å²) in [6.07, 6.45) is 3.83. The van der Waals surface area contributed by atoms with Crippen LogP contribution in [0.2, 0.25) is 0 Å². The summed E-state index contributed by atoms with van der Waals surface area (Å²) in [4.78, 5) is 4.40. The Morgan fingerprint density at radius 2 is 2.32 bits per heavy atom. The van der Waals surface area contributed by atoms with E-state index in [1.807, 2.05) is 24.0 Å². The second-order valence-corrected chi connectivity index (χ2v) is 5.37. The van der Waals surface area contributed by atoms with Crippen LogP contribution in [0.25, 0.3) is 10.2 Å². The molecule has 2 heterocycles. The standard InChI is InChI=1S/C13H13FN4S/c1-9-7-16-18(8-9)5-4-15-13-17-11-3-2-10(14)6-12(11)19-13/h2-3,6-8H,4-5H2,1H3,(H,15,17). The van der Waals surface area contributed by atoms with Gasteiger partial charge in [0.1, 0.15) is 5.82 Å². The molecule has 3 rings (SSSR count). The molecular weight excluding hydrogens is 263 g/mol. The summed E-state index contributed by atoms with van der Waals surface area (Å²) >= 11 is 1.46. The van der Waals surface area contributed by atoms with Gasteiger partial charge in [0.2, 0.25) is 0 Å². The molecule has 0 aliphatic rings. The number of nitrogens with one attached hydrogen (secondary N) is 1. The maximum atomic E-state index is 13.1. The molecule has 0 unspecified atom stereocenters. The lowest BCUT2D eigenvalue weighted by Gasteiger charge is -2.02. The van der Waals surface area contributed by atoms with Crippen molar-refractivity contribution in [3.63, 3.8) is 0 Å². The van der Waals surface area contributed by atoms with Crippen LogP contribution in [0.4, 0.5) is 9.52 Å². The molecule has 1 N–H and O–H groups in total. The zero-order chi connectivity index (χ0) is 13.2. The van der Waals surface area contributed by atoms with E-state index >= 15 is 0 Å². The lowest BCUT2D eigenvalue weighted by Crippen LogP contribution is -2.10. The minimum atomic E-state index is -0.227. The van der Waals surface area contributed by atoms with E-state index in [9.17, 15) is 4.39 Å². The van der Waals surface area contributed by atoms with Crippen LogP contribution in [-0.2, 0) is 6.54 Å². The number of aromatic nitrogens is 3. The molecule has 0 fully saturated rings. The first-order chi connectivity index (χ1) is 9.20. The van der Waals surface area contributed by atoms with E-state index in [0.29, 0.717) is 0 Å². The van der Waals surface area contributed by atoms with Crippen molar-refractivity contribution in [2.45, 2.75) is 13.5 Å². The number of nitrogens with zero attached hydrogens (tertiary/aromatic N) is 3. The molecule has 0 amide bonds. The molecular formula is C13H13FN4S. The van der Waals surface area contributed by atoms with Crippen LogP contribution in [0.15, 0.2) is 30.6 Å². The third kappa shape index (κ3) is 2.73. The molecule has 4 nitrogen and oxygen atoms in total. The Morgan fingerprint density at radius 3 is 3.11 bits per heavy atom. The number of thiazole rings is 1. The lowest BCUT2D eigenvalue weighted by molar-refractivity contribution is 0.630. The van der Waals surface area contributed by atoms with Gasteiger partial charge in [-0.05, 0) is 30.7 Å². The van der Waals surface area contributed by atoms with Gasteiger partial charge >= 0.3 is 0 Å².